The molecule has 0 saturated carbocycles. The fraction of sp³-hybridized carbons (Fsp3) is 0.300. The molecule has 6 heteroatoms. The van der Waals surface area contributed by atoms with Gasteiger partial charge in [0.1, 0.15) is 5.75 Å². The van der Waals surface area contributed by atoms with Gasteiger partial charge in [0.05, 0.1) is 12.6 Å². The molecule has 16 heavy (non-hydrogen) atoms. The van der Waals surface area contributed by atoms with Crippen molar-refractivity contribution in [3.63, 3.8) is 0 Å². The first-order valence-corrected chi connectivity index (χ1v) is 4.60. The van der Waals surface area contributed by atoms with Crippen LogP contribution < -0.4 is 11.5 Å². The number of hydrogen-bond donors (Lipinski definition) is 5. The molecule has 0 spiro atoms. The smallest absolute Gasteiger partial charge is 0.317 e. The lowest BCUT2D eigenvalue weighted by atomic mass is 10.1. The summed E-state index contributed by atoms with van der Waals surface area (Å²) < 4.78 is 0. The average molecular weight is 228 g/mol. The third-order valence-electron chi connectivity index (χ3n) is 1.65. The molecule has 0 heterocycles. The maximum absolute atomic E-state index is 9.24. The molecule has 0 aliphatic carbocycles. The number of phenolic OH excluding ortho intramolecular Hbond substituents is 1. The monoisotopic (exact) mass is 228 g/mol. The van der Waals surface area contributed by atoms with Gasteiger partial charge in [-0.1, -0.05) is 12.1 Å². The van der Waals surface area contributed by atoms with Gasteiger partial charge in [-0.25, -0.2) is 0 Å². The SMILES string of the molecule is NCC(=O)O.NCC(O)c1cccc(O)c1. The third kappa shape index (κ3) is 5.97. The van der Waals surface area contributed by atoms with Crippen molar-refractivity contribution in [3.05, 3.63) is 29.8 Å². The van der Waals surface area contributed by atoms with Crippen LogP contribution in [0.4, 0.5) is 0 Å². The second-order valence-electron chi connectivity index (χ2n) is 2.94. The molecule has 0 aliphatic rings. The number of nitrogens with two attached hydrogens (primary N) is 2. The van der Waals surface area contributed by atoms with Gasteiger partial charge in [0.25, 0.3) is 0 Å². The van der Waals surface area contributed by atoms with Crippen LogP contribution in [-0.2, 0) is 4.79 Å². The van der Waals surface area contributed by atoms with Gasteiger partial charge >= 0.3 is 5.97 Å². The van der Waals surface area contributed by atoms with Crippen LogP contribution in [-0.4, -0.2) is 34.4 Å². The molecule has 1 aromatic carbocycles. The van der Waals surface area contributed by atoms with E-state index in [0.717, 1.165) is 0 Å². The Morgan fingerprint density at radius 1 is 1.38 bits per heavy atom. The summed E-state index contributed by atoms with van der Waals surface area (Å²) >= 11 is 0. The van der Waals surface area contributed by atoms with Crippen LogP contribution in [0.3, 0.4) is 0 Å². The average Bonchev–Trinajstić information content (AvgIpc) is 2.28. The van der Waals surface area contributed by atoms with Crippen molar-refractivity contribution in [1.82, 2.24) is 0 Å². The van der Waals surface area contributed by atoms with Gasteiger partial charge in [0.15, 0.2) is 0 Å². The van der Waals surface area contributed by atoms with Crippen molar-refractivity contribution >= 4 is 5.97 Å². The third-order valence-corrected chi connectivity index (χ3v) is 1.65. The number of aliphatic hydroxyl groups excluding tert-OH is 1. The minimum atomic E-state index is -0.968. The number of phenols is 1. The zero-order valence-electron chi connectivity index (χ0n) is 8.71. The molecule has 1 aromatic rings. The Kier molecular flexibility index (Phi) is 6.86. The summed E-state index contributed by atoms with van der Waals surface area (Å²) in [6.07, 6.45) is -0.679. The summed E-state index contributed by atoms with van der Waals surface area (Å²) in [5, 5.41) is 25.8. The Labute approximate surface area is 93.1 Å². The van der Waals surface area contributed by atoms with E-state index in [4.69, 9.17) is 15.9 Å². The molecule has 0 fully saturated rings. The first kappa shape index (κ1) is 14.4. The summed E-state index contributed by atoms with van der Waals surface area (Å²) in [6.45, 7) is -0.108. The molecule has 0 amide bonds. The zero-order chi connectivity index (χ0) is 12.6. The molecule has 1 atom stereocenters. The van der Waals surface area contributed by atoms with E-state index in [2.05, 4.69) is 5.73 Å². The van der Waals surface area contributed by atoms with Crippen molar-refractivity contribution in [1.29, 1.82) is 0 Å². The van der Waals surface area contributed by atoms with E-state index in [1.807, 2.05) is 0 Å². The van der Waals surface area contributed by atoms with E-state index in [1.165, 1.54) is 6.07 Å². The van der Waals surface area contributed by atoms with Crippen molar-refractivity contribution in [2.75, 3.05) is 13.1 Å². The van der Waals surface area contributed by atoms with Gasteiger partial charge < -0.3 is 26.8 Å². The molecular formula is C10H16N2O4. The molecule has 1 rings (SSSR count). The van der Waals surface area contributed by atoms with Crippen LogP contribution in [0.1, 0.15) is 11.7 Å². The number of hydrogen-bond acceptors (Lipinski definition) is 5. The van der Waals surface area contributed by atoms with Gasteiger partial charge in [0, 0.05) is 6.54 Å². The first-order valence-electron chi connectivity index (χ1n) is 4.60. The quantitative estimate of drug-likeness (QED) is 0.470. The number of aromatic hydroxyl groups is 1. The molecular weight excluding hydrogens is 212 g/mol. The van der Waals surface area contributed by atoms with E-state index in [-0.39, 0.29) is 18.8 Å². The van der Waals surface area contributed by atoms with Crippen molar-refractivity contribution in [3.8, 4) is 5.75 Å². The number of aliphatic carboxylic acids is 1. The Hall–Kier alpha value is -1.63. The van der Waals surface area contributed by atoms with E-state index in [0.29, 0.717) is 5.56 Å². The summed E-state index contributed by atoms with van der Waals surface area (Å²) in [7, 11) is 0. The molecule has 0 aromatic heterocycles. The molecule has 0 bridgehead atoms. The summed E-state index contributed by atoms with van der Waals surface area (Å²) in [6, 6.07) is 6.44. The highest BCUT2D eigenvalue weighted by atomic mass is 16.4. The molecule has 1 unspecified atom stereocenters. The van der Waals surface area contributed by atoms with Gasteiger partial charge in [-0.15, -0.1) is 0 Å². The topological polar surface area (TPSA) is 130 Å². The number of carboxylic acids is 1. The van der Waals surface area contributed by atoms with Crippen LogP contribution in [0, 0.1) is 0 Å². The van der Waals surface area contributed by atoms with Crippen LogP contribution in [0.25, 0.3) is 0 Å². The standard InChI is InChI=1S/C8H11NO2.C2H5NO2/c9-5-8(11)6-2-1-3-7(10)4-6;3-1-2(4)5/h1-4,8,10-11H,5,9H2;1,3H2,(H,4,5). The highest BCUT2D eigenvalue weighted by Crippen LogP contribution is 2.16. The fourth-order valence-electron chi connectivity index (χ4n) is 0.868. The molecule has 0 radical (unpaired) electrons. The van der Waals surface area contributed by atoms with Gasteiger partial charge in [-0.2, -0.15) is 0 Å². The molecule has 6 nitrogen and oxygen atoms in total. The van der Waals surface area contributed by atoms with Gasteiger partial charge in [0.2, 0.25) is 0 Å². The maximum atomic E-state index is 9.24. The minimum Gasteiger partial charge on any atom is -0.508 e. The summed E-state index contributed by atoms with van der Waals surface area (Å²) in [4.78, 5) is 9.24. The molecule has 7 N–H and O–H groups in total. The van der Waals surface area contributed by atoms with Crippen LogP contribution in [0.15, 0.2) is 24.3 Å². The normalized spacial score (nSPS) is 11.2. The van der Waals surface area contributed by atoms with E-state index < -0.39 is 12.1 Å². The van der Waals surface area contributed by atoms with E-state index in [9.17, 15) is 9.90 Å². The Morgan fingerprint density at radius 2 is 1.94 bits per heavy atom. The second kappa shape index (κ2) is 7.63. The Morgan fingerprint density at radius 3 is 2.31 bits per heavy atom. The van der Waals surface area contributed by atoms with Crippen molar-refractivity contribution in [2.45, 2.75) is 6.10 Å². The van der Waals surface area contributed by atoms with Gasteiger partial charge in [-0.05, 0) is 17.7 Å². The van der Waals surface area contributed by atoms with Crippen molar-refractivity contribution < 1.29 is 20.1 Å². The summed E-state index contributed by atoms with van der Waals surface area (Å²) in [5.74, 6) is -0.819. The minimum absolute atomic E-state index is 0.148. The number of rotatable bonds is 3. The predicted octanol–water partition coefficient (Wildman–Crippen LogP) is -0.586. The summed E-state index contributed by atoms with van der Waals surface area (Å²) in [5.41, 5.74) is 10.4. The number of carboxylic acid groups (broad SMARTS) is 1. The number of carbonyl (C=O) groups is 1. The number of aliphatic hydroxyl groups is 1. The van der Waals surface area contributed by atoms with E-state index in [1.54, 1.807) is 18.2 Å². The molecule has 0 aliphatic heterocycles. The first-order chi connectivity index (χ1) is 7.51. The zero-order valence-corrected chi connectivity index (χ0v) is 8.71. The molecule has 0 saturated heterocycles. The lowest BCUT2D eigenvalue weighted by molar-refractivity contribution is -0.135. The lowest BCUT2D eigenvalue weighted by Gasteiger charge is -2.06. The fourth-order valence-corrected chi connectivity index (χ4v) is 0.868. The van der Waals surface area contributed by atoms with Gasteiger partial charge in [-0.3, -0.25) is 4.79 Å². The lowest BCUT2D eigenvalue weighted by Crippen LogP contribution is -2.11. The largest absolute Gasteiger partial charge is 0.508 e. The highest BCUT2D eigenvalue weighted by molar-refractivity contribution is 5.68. The van der Waals surface area contributed by atoms with Crippen LogP contribution in [0.2, 0.25) is 0 Å². The Bertz CT molecular complexity index is 330. The van der Waals surface area contributed by atoms with E-state index >= 15 is 0 Å². The predicted molar refractivity (Wildman–Crippen MR) is 58.8 cm³/mol. The molecule has 90 valence electrons. The second-order valence-corrected chi connectivity index (χ2v) is 2.94. The Balaban J connectivity index is 0.000000385. The van der Waals surface area contributed by atoms with Crippen LogP contribution in [0.5, 0.6) is 5.75 Å². The number of benzene rings is 1. The highest BCUT2D eigenvalue weighted by Gasteiger charge is 2.03. The van der Waals surface area contributed by atoms with Crippen LogP contribution >= 0.6 is 0 Å². The van der Waals surface area contributed by atoms with Crippen molar-refractivity contribution in [2.24, 2.45) is 11.5 Å². The maximum Gasteiger partial charge on any atom is 0.317 e.